The highest BCUT2D eigenvalue weighted by Crippen LogP contribution is 2.17. The number of rotatable bonds is 3. The summed E-state index contributed by atoms with van der Waals surface area (Å²) >= 11 is 5.97. The summed E-state index contributed by atoms with van der Waals surface area (Å²) in [6.45, 7) is 0.428. The van der Waals surface area contributed by atoms with Crippen LogP contribution in [-0.2, 0) is 6.54 Å². The van der Waals surface area contributed by atoms with Crippen LogP contribution in [0.1, 0.15) is 16.2 Å². The lowest BCUT2D eigenvalue weighted by atomic mass is 10.2. The number of carbonyl (C=O) groups is 1. The summed E-state index contributed by atoms with van der Waals surface area (Å²) in [5.74, 6) is 0.625. The summed E-state index contributed by atoms with van der Waals surface area (Å²) in [5, 5.41) is 0.462. The van der Waals surface area contributed by atoms with Crippen molar-refractivity contribution in [2.75, 3.05) is 7.05 Å². The number of imidazole rings is 1. The van der Waals surface area contributed by atoms with Gasteiger partial charge in [0.05, 0.1) is 17.1 Å². The van der Waals surface area contributed by atoms with E-state index in [-0.39, 0.29) is 5.91 Å². The van der Waals surface area contributed by atoms with E-state index in [0.29, 0.717) is 17.1 Å². The molecule has 1 amide bonds. The first-order chi connectivity index (χ1) is 8.18. The third-order valence-electron chi connectivity index (χ3n) is 2.39. The standard InChI is InChI=1S/C12H12ClN3O/c1-16(8-11-14-6-7-15-11)12(17)9-4-2-3-5-10(9)13/h2-7H,8H2,1H3,(H,14,15). The number of benzene rings is 1. The molecule has 88 valence electrons. The van der Waals surface area contributed by atoms with Gasteiger partial charge in [-0.25, -0.2) is 4.98 Å². The van der Waals surface area contributed by atoms with Crippen LogP contribution in [0.2, 0.25) is 5.02 Å². The Labute approximate surface area is 104 Å². The molecule has 0 aliphatic heterocycles. The molecule has 0 bridgehead atoms. The molecule has 0 aliphatic rings. The number of nitrogens with zero attached hydrogens (tertiary/aromatic N) is 2. The largest absolute Gasteiger partial charge is 0.347 e. The van der Waals surface area contributed by atoms with Gasteiger partial charge in [0.1, 0.15) is 5.82 Å². The minimum absolute atomic E-state index is 0.119. The molecule has 1 aromatic heterocycles. The van der Waals surface area contributed by atoms with Crippen LogP contribution in [0.25, 0.3) is 0 Å². The fraction of sp³-hybridized carbons (Fsp3) is 0.167. The maximum Gasteiger partial charge on any atom is 0.255 e. The Bertz CT molecular complexity index is 510. The van der Waals surface area contributed by atoms with Gasteiger partial charge in [-0.05, 0) is 12.1 Å². The number of H-pyrrole nitrogens is 1. The molecule has 17 heavy (non-hydrogen) atoms. The van der Waals surface area contributed by atoms with Gasteiger partial charge in [-0.1, -0.05) is 23.7 Å². The number of aromatic nitrogens is 2. The van der Waals surface area contributed by atoms with Crippen molar-refractivity contribution in [2.45, 2.75) is 6.54 Å². The van der Waals surface area contributed by atoms with Crippen LogP contribution in [0.3, 0.4) is 0 Å². The van der Waals surface area contributed by atoms with E-state index < -0.39 is 0 Å². The van der Waals surface area contributed by atoms with Crippen molar-refractivity contribution in [2.24, 2.45) is 0 Å². The Morgan fingerprint density at radius 1 is 1.47 bits per heavy atom. The summed E-state index contributed by atoms with van der Waals surface area (Å²) in [5.41, 5.74) is 0.503. The van der Waals surface area contributed by atoms with E-state index >= 15 is 0 Å². The highest BCUT2D eigenvalue weighted by molar-refractivity contribution is 6.33. The first-order valence-corrected chi connectivity index (χ1v) is 5.54. The zero-order valence-corrected chi connectivity index (χ0v) is 10.1. The number of aromatic amines is 1. The molecule has 1 heterocycles. The molecule has 0 saturated heterocycles. The average molecular weight is 250 g/mol. The van der Waals surface area contributed by atoms with Crippen LogP contribution >= 0.6 is 11.6 Å². The molecule has 1 N–H and O–H groups in total. The summed E-state index contributed by atoms with van der Waals surface area (Å²) in [6.07, 6.45) is 3.38. The smallest absolute Gasteiger partial charge is 0.255 e. The van der Waals surface area contributed by atoms with Gasteiger partial charge in [-0.15, -0.1) is 0 Å². The van der Waals surface area contributed by atoms with E-state index in [1.807, 2.05) is 0 Å². The molecule has 0 radical (unpaired) electrons. The lowest BCUT2D eigenvalue weighted by Gasteiger charge is -2.16. The number of hydrogen-bond acceptors (Lipinski definition) is 2. The molecule has 0 aliphatic carbocycles. The fourth-order valence-electron chi connectivity index (χ4n) is 1.52. The number of hydrogen-bond donors (Lipinski definition) is 1. The van der Waals surface area contributed by atoms with Crippen LogP contribution in [-0.4, -0.2) is 27.8 Å². The molecule has 4 nitrogen and oxygen atoms in total. The summed E-state index contributed by atoms with van der Waals surface area (Å²) in [6, 6.07) is 7.00. The van der Waals surface area contributed by atoms with Crippen LogP contribution in [0.5, 0.6) is 0 Å². The molecule has 2 rings (SSSR count). The predicted molar refractivity (Wildman–Crippen MR) is 65.8 cm³/mol. The van der Waals surface area contributed by atoms with E-state index in [1.54, 1.807) is 48.6 Å². The van der Waals surface area contributed by atoms with Crippen molar-refractivity contribution in [3.63, 3.8) is 0 Å². The van der Waals surface area contributed by atoms with Crippen molar-refractivity contribution in [1.82, 2.24) is 14.9 Å². The number of halogens is 1. The number of carbonyl (C=O) groups excluding carboxylic acids is 1. The zero-order valence-electron chi connectivity index (χ0n) is 9.35. The second-order valence-electron chi connectivity index (χ2n) is 3.68. The van der Waals surface area contributed by atoms with Gasteiger partial charge in [-0.3, -0.25) is 4.79 Å². The van der Waals surface area contributed by atoms with Crippen molar-refractivity contribution in [1.29, 1.82) is 0 Å². The minimum Gasteiger partial charge on any atom is -0.347 e. The summed E-state index contributed by atoms with van der Waals surface area (Å²) < 4.78 is 0. The Kier molecular flexibility index (Phi) is 3.44. The predicted octanol–water partition coefficient (Wildman–Crippen LogP) is 2.34. The van der Waals surface area contributed by atoms with Gasteiger partial charge >= 0.3 is 0 Å². The van der Waals surface area contributed by atoms with Crippen molar-refractivity contribution in [3.8, 4) is 0 Å². The molecule has 0 unspecified atom stereocenters. The number of amides is 1. The molecular formula is C12H12ClN3O. The molecule has 0 saturated carbocycles. The van der Waals surface area contributed by atoms with E-state index in [4.69, 9.17) is 11.6 Å². The third-order valence-corrected chi connectivity index (χ3v) is 2.72. The monoisotopic (exact) mass is 249 g/mol. The molecule has 0 spiro atoms. The van der Waals surface area contributed by atoms with Gasteiger partial charge in [0, 0.05) is 19.4 Å². The molecule has 2 aromatic rings. The quantitative estimate of drug-likeness (QED) is 0.908. The average Bonchev–Trinajstić information content (AvgIpc) is 2.81. The van der Waals surface area contributed by atoms with Crippen molar-refractivity contribution < 1.29 is 4.79 Å². The Morgan fingerprint density at radius 3 is 2.88 bits per heavy atom. The van der Waals surface area contributed by atoms with Crippen LogP contribution in [0, 0.1) is 0 Å². The highest BCUT2D eigenvalue weighted by Gasteiger charge is 2.15. The summed E-state index contributed by atoms with van der Waals surface area (Å²) in [7, 11) is 1.72. The Balaban J connectivity index is 2.13. The fourth-order valence-corrected chi connectivity index (χ4v) is 1.74. The van der Waals surface area contributed by atoms with Crippen LogP contribution in [0.4, 0.5) is 0 Å². The summed E-state index contributed by atoms with van der Waals surface area (Å²) in [4.78, 5) is 20.7. The lowest BCUT2D eigenvalue weighted by molar-refractivity contribution is 0.0782. The van der Waals surface area contributed by atoms with E-state index in [0.717, 1.165) is 5.82 Å². The SMILES string of the molecule is CN(Cc1ncc[nH]1)C(=O)c1ccccc1Cl. The number of nitrogens with one attached hydrogen (secondary N) is 1. The lowest BCUT2D eigenvalue weighted by Crippen LogP contribution is -2.26. The minimum atomic E-state index is -0.119. The van der Waals surface area contributed by atoms with Gasteiger partial charge in [0.2, 0.25) is 0 Å². The first kappa shape index (κ1) is 11.7. The molecule has 0 fully saturated rings. The van der Waals surface area contributed by atoms with E-state index in [1.165, 1.54) is 0 Å². The first-order valence-electron chi connectivity index (χ1n) is 5.16. The Morgan fingerprint density at radius 2 is 2.24 bits per heavy atom. The normalized spacial score (nSPS) is 10.2. The van der Waals surface area contributed by atoms with Gasteiger partial charge in [0.15, 0.2) is 0 Å². The topological polar surface area (TPSA) is 49.0 Å². The van der Waals surface area contributed by atoms with E-state index in [2.05, 4.69) is 9.97 Å². The zero-order chi connectivity index (χ0) is 12.3. The molecule has 5 heteroatoms. The second kappa shape index (κ2) is 5.01. The highest BCUT2D eigenvalue weighted by atomic mass is 35.5. The van der Waals surface area contributed by atoms with E-state index in [9.17, 15) is 4.79 Å². The molecule has 1 aromatic carbocycles. The van der Waals surface area contributed by atoms with Gasteiger partial charge < -0.3 is 9.88 Å². The second-order valence-corrected chi connectivity index (χ2v) is 4.08. The van der Waals surface area contributed by atoms with Gasteiger partial charge in [-0.2, -0.15) is 0 Å². The molecule has 0 atom stereocenters. The Hall–Kier alpha value is -1.81. The van der Waals surface area contributed by atoms with Crippen molar-refractivity contribution >= 4 is 17.5 Å². The van der Waals surface area contributed by atoms with Crippen molar-refractivity contribution in [3.05, 3.63) is 53.1 Å². The van der Waals surface area contributed by atoms with Crippen LogP contribution < -0.4 is 0 Å². The van der Waals surface area contributed by atoms with Gasteiger partial charge in [0.25, 0.3) is 5.91 Å². The maximum atomic E-state index is 12.1. The molecular weight excluding hydrogens is 238 g/mol. The maximum absolute atomic E-state index is 12.1. The third kappa shape index (κ3) is 2.65. The van der Waals surface area contributed by atoms with Crippen LogP contribution in [0.15, 0.2) is 36.7 Å².